The van der Waals surface area contributed by atoms with Crippen LogP contribution < -0.4 is 5.32 Å². The SMILES string of the molecule is CC(O)CCC(=O)Nc1cccc(-n2cccn2)c1. The second-order valence-corrected chi connectivity index (χ2v) is 4.44. The van der Waals surface area contributed by atoms with Crippen LogP contribution in [0.5, 0.6) is 0 Å². The number of carbonyl (C=O) groups excluding carboxylic acids is 1. The van der Waals surface area contributed by atoms with E-state index in [0.29, 0.717) is 12.8 Å². The molecule has 0 bridgehead atoms. The highest BCUT2D eigenvalue weighted by atomic mass is 16.3. The monoisotopic (exact) mass is 259 g/mol. The lowest BCUT2D eigenvalue weighted by Crippen LogP contribution is -2.14. The minimum atomic E-state index is -0.457. The molecule has 0 saturated carbocycles. The molecule has 2 rings (SSSR count). The van der Waals surface area contributed by atoms with Crippen LogP contribution in [0.15, 0.2) is 42.7 Å². The Balaban J connectivity index is 2.01. The Morgan fingerprint density at radius 1 is 1.47 bits per heavy atom. The Morgan fingerprint density at radius 3 is 3.00 bits per heavy atom. The van der Waals surface area contributed by atoms with Gasteiger partial charge in [-0.1, -0.05) is 6.07 Å². The Bertz CT molecular complexity index is 535. The number of nitrogens with one attached hydrogen (secondary N) is 1. The smallest absolute Gasteiger partial charge is 0.224 e. The molecule has 5 nitrogen and oxygen atoms in total. The van der Waals surface area contributed by atoms with E-state index in [-0.39, 0.29) is 5.91 Å². The first-order chi connectivity index (χ1) is 9.15. The standard InChI is InChI=1S/C14H17N3O2/c1-11(18)6-7-14(19)16-12-4-2-5-13(10-12)17-9-3-8-15-17/h2-5,8-11,18H,6-7H2,1H3,(H,16,19). The van der Waals surface area contributed by atoms with Crippen molar-refractivity contribution in [3.63, 3.8) is 0 Å². The molecule has 1 aromatic heterocycles. The number of aliphatic hydroxyl groups is 1. The summed E-state index contributed by atoms with van der Waals surface area (Å²) in [6, 6.07) is 9.30. The quantitative estimate of drug-likeness (QED) is 0.862. The van der Waals surface area contributed by atoms with Crippen LogP contribution >= 0.6 is 0 Å². The summed E-state index contributed by atoms with van der Waals surface area (Å²) in [6.07, 6.45) is 3.86. The first-order valence-electron chi connectivity index (χ1n) is 6.23. The van der Waals surface area contributed by atoms with Crippen LogP contribution in [-0.4, -0.2) is 26.9 Å². The fourth-order valence-corrected chi connectivity index (χ4v) is 1.71. The number of aromatic nitrogens is 2. The van der Waals surface area contributed by atoms with Gasteiger partial charge in [0.2, 0.25) is 5.91 Å². The molecule has 1 amide bonds. The molecule has 0 aliphatic rings. The zero-order chi connectivity index (χ0) is 13.7. The molecule has 1 unspecified atom stereocenters. The van der Waals surface area contributed by atoms with Crippen molar-refractivity contribution >= 4 is 11.6 Å². The van der Waals surface area contributed by atoms with Crippen LogP contribution in [0.25, 0.3) is 5.69 Å². The first kappa shape index (κ1) is 13.3. The van der Waals surface area contributed by atoms with Gasteiger partial charge in [0.05, 0.1) is 11.8 Å². The maximum absolute atomic E-state index is 11.7. The lowest BCUT2D eigenvalue weighted by atomic mass is 10.2. The number of aliphatic hydroxyl groups excluding tert-OH is 1. The number of carbonyl (C=O) groups is 1. The van der Waals surface area contributed by atoms with Crippen molar-refractivity contribution in [2.24, 2.45) is 0 Å². The Hall–Kier alpha value is -2.14. The number of hydrogen-bond donors (Lipinski definition) is 2. The normalized spacial score (nSPS) is 12.1. The third-order valence-corrected chi connectivity index (χ3v) is 2.69. The largest absolute Gasteiger partial charge is 0.393 e. The number of benzene rings is 1. The van der Waals surface area contributed by atoms with Crippen LogP contribution in [0.3, 0.4) is 0 Å². The van der Waals surface area contributed by atoms with Crippen molar-refractivity contribution in [2.45, 2.75) is 25.9 Å². The van der Waals surface area contributed by atoms with Crippen molar-refractivity contribution in [1.82, 2.24) is 9.78 Å². The van der Waals surface area contributed by atoms with Crippen LogP contribution in [0.4, 0.5) is 5.69 Å². The van der Waals surface area contributed by atoms with Crippen molar-refractivity contribution < 1.29 is 9.90 Å². The fourth-order valence-electron chi connectivity index (χ4n) is 1.71. The lowest BCUT2D eigenvalue weighted by molar-refractivity contribution is -0.116. The molecule has 19 heavy (non-hydrogen) atoms. The van der Waals surface area contributed by atoms with Gasteiger partial charge in [0, 0.05) is 24.5 Å². The van der Waals surface area contributed by atoms with Gasteiger partial charge in [0.1, 0.15) is 0 Å². The average molecular weight is 259 g/mol. The van der Waals surface area contributed by atoms with E-state index in [1.165, 1.54) is 0 Å². The molecule has 1 heterocycles. The van der Waals surface area contributed by atoms with Gasteiger partial charge in [-0.25, -0.2) is 4.68 Å². The van der Waals surface area contributed by atoms with Crippen LogP contribution in [0.2, 0.25) is 0 Å². The van der Waals surface area contributed by atoms with E-state index in [9.17, 15) is 4.79 Å². The predicted molar refractivity (Wildman–Crippen MR) is 73.1 cm³/mol. The summed E-state index contributed by atoms with van der Waals surface area (Å²) in [7, 11) is 0. The molecule has 2 aromatic rings. The van der Waals surface area contributed by atoms with Crippen LogP contribution in [-0.2, 0) is 4.79 Å². The Labute approximate surface area is 111 Å². The summed E-state index contributed by atoms with van der Waals surface area (Å²) in [4.78, 5) is 11.7. The average Bonchev–Trinajstić information content (AvgIpc) is 2.90. The number of amides is 1. The van der Waals surface area contributed by atoms with Crippen LogP contribution in [0.1, 0.15) is 19.8 Å². The number of hydrogen-bond acceptors (Lipinski definition) is 3. The highest BCUT2D eigenvalue weighted by Crippen LogP contribution is 2.14. The minimum Gasteiger partial charge on any atom is -0.393 e. The van der Waals surface area contributed by atoms with Crippen LogP contribution in [0, 0.1) is 0 Å². The fraction of sp³-hybridized carbons (Fsp3) is 0.286. The maximum Gasteiger partial charge on any atom is 0.224 e. The molecule has 0 spiro atoms. The molecule has 5 heteroatoms. The van der Waals surface area contributed by atoms with E-state index in [2.05, 4.69) is 10.4 Å². The summed E-state index contributed by atoms with van der Waals surface area (Å²) in [5.74, 6) is -0.0986. The van der Waals surface area contributed by atoms with E-state index >= 15 is 0 Å². The molecule has 1 atom stereocenters. The van der Waals surface area contributed by atoms with Gasteiger partial charge >= 0.3 is 0 Å². The molecule has 1 aromatic carbocycles. The molecule has 0 radical (unpaired) electrons. The second kappa shape index (κ2) is 6.15. The van der Waals surface area contributed by atoms with Gasteiger partial charge < -0.3 is 10.4 Å². The van der Waals surface area contributed by atoms with Crippen molar-refractivity contribution in [1.29, 1.82) is 0 Å². The molecule has 0 saturated heterocycles. The van der Waals surface area contributed by atoms with E-state index in [1.807, 2.05) is 36.5 Å². The zero-order valence-corrected chi connectivity index (χ0v) is 10.8. The van der Waals surface area contributed by atoms with Gasteiger partial charge in [-0.2, -0.15) is 5.10 Å². The summed E-state index contributed by atoms with van der Waals surface area (Å²) in [5, 5.41) is 16.1. The summed E-state index contributed by atoms with van der Waals surface area (Å²) < 4.78 is 1.73. The molecule has 0 fully saturated rings. The molecule has 100 valence electrons. The number of rotatable bonds is 5. The summed E-state index contributed by atoms with van der Waals surface area (Å²) >= 11 is 0. The highest BCUT2D eigenvalue weighted by molar-refractivity contribution is 5.90. The van der Waals surface area contributed by atoms with Crippen molar-refractivity contribution in [2.75, 3.05) is 5.32 Å². The topological polar surface area (TPSA) is 67.2 Å². The second-order valence-electron chi connectivity index (χ2n) is 4.44. The maximum atomic E-state index is 11.7. The van der Waals surface area contributed by atoms with Gasteiger partial charge in [0.15, 0.2) is 0 Å². The summed E-state index contributed by atoms with van der Waals surface area (Å²) in [5.41, 5.74) is 1.61. The van der Waals surface area contributed by atoms with E-state index in [0.717, 1.165) is 11.4 Å². The first-order valence-corrected chi connectivity index (χ1v) is 6.23. The Kier molecular flexibility index (Phi) is 4.30. The van der Waals surface area contributed by atoms with Crippen molar-refractivity contribution in [3.8, 4) is 5.69 Å². The third-order valence-electron chi connectivity index (χ3n) is 2.69. The number of nitrogens with zero attached hydrogens (tertiary/aromatic N) is 2. The third kappa shape index (κ3) is 3.93. The highest BCUT2D eigenvalue weighted by Gasteiger charge is 2.05. The van der Waals surface area contributed by atoms with E-state index in [4.69, 9.17) is 5.11 Å². The Morgan fingerprint density at radius 2 is 2.32 bits per heavy atom. The van der Waals surface area contributed by atoms with Gasteiger partial charge in [-0.05, 0) is 37.6 Å². The zero-order valence-electron chi connectivity index (χ0n) is 10.8. The molecule has 0 aliphatic carbocycles. The van der Waals surface area contributed by atoms with E-state index in [1.54, 1.807) is 17.8 Å². The van der Waals surface area contributed by atoms with Gasteiger partial charge in [-0.15, -0.1) is 0 Å². The van der Waals surface area contributed by atoms with Gasteiger partial charge in [-0.3, -0.25) is 4.79 Å². The summed E-state index contributed by atoms with van der Waals surface area (Å²) in [6.45, 7) is 1.67. The molecular formula is C14H17N3O2. The molecule has 2 N–H and O–H groups in total. The van der Waals surface area contributed by atoms with Crippen molar-refractivity contribution in [3.05, 3.63) is 42.7 Å². The van der Waals surface area contributed by atoms with Gasteiger partial charge in [0.25, 0.3) is 0 Å². The minimum absolute atomic E-state index is 0.0986. The number of anilines is 1. The molecule has 0 aliphatic heterocycles. The lowest BCUT2D eigenvalue weighted by Gasteiger charge is -2.08. The van der Waals surface area contributed by atoms with E-state index < -0.39 is 6.10 Å². The predicted octanol–water partition coefficient (Wildman–Crippen LogP) is 1.97. The molecular weight excluding hydrogens is 242 g/mol.